The molecule has 0 saturated carbocycles. The van der Waals surface area contributed by atoms with Crippen molar-refractivity contribution in [2.45, 2.75) is 46.7 Å². The molecule has 1 rings (SSSR count). The molecular formula is C11H18N2O2. The molecule has 0 radical (unpaired) electrons. The van der Waals surface area contributed by atoms with Crippen LogP contribution in [0.4, 0.5) is 0 Å². The zero-order chi connectivity index (χ0) is 11.8. The van der Waals surface area contributed by atoms with Gasteiger partial charge < -0.3 is 0 Å². The van der Waals surface area contributed by atoms with Crippen LogP contribution in [0.15, 0.2) is 15.7 Å². The van der Waals surface area contributed by atoms with Gasteiger partial charge in [0, 0.05) is 23.8 Å². The van der Waals surface area contributed by atoms with Crippen molar-refractivity contribution in [2.75, 3.05) is 0 Å². The fourth-order valence-corrected chi connectivity index (χ4v) is 1.69. The van der Waals surface area contributed by atoms with Crippen LogP contribution in [0.3, 0.4) is 0 Å². The minimum absolute atomic E-state index is 0.227. The average Bonchev–Trinajstić information content (AvgIpc) is 2.00. The molecule has 4 nitrogen and oxygen atoms in total. The molecule has 0 aliphatic carbocycles. The summed E-state index contributed by atoms with van der Waals surface area (Å²) < 4.78 is 2.90. The normalized spacial score (nSPS) is 11.8. The minimum atomic E-state index is -0.473. The van der Waals surface area contributed by atoms with Crippen molar-refractivity contribution in [1.29, 1.82) is 0 Å². The number of hydrogen-bond acceptors (Lipinski definition) is 2. The molecule has 0 saturated heterocycles. The SMILES string of the molecule is CCn1c(C)cc(=O)n(C(C)(C)C)c1=O. The Bertz CT molecular complexity index is 475. The van der Waals surface area contributed by atoms with Gasteiger partial charge in [-0.05, 0) is 34.6 Å². The Kier molecular flexibility index (Phi) is 2.88. The highest BCUT2D eigenvalue weighted by Crippen LogP contribution is 2.07. The molecule has 1 aromatic rings. The molecule has 0 fully saturated rings. The maximum atomic E-state index is 12.0. The van der Waals surface area contributed by atoms with Gasteiger partial charge in [-0.1, -0.05) is 0 Å². The second-order valence-corrected chi connectivity index (χ2v) is 4.66. The number of hydrogen-bond donors (Lipinski definition) is 0. The molecule has 1 aromatic heterocycles. The largest absolute Gasteiger partial charge is 0.331 e. The van der Waals surface area contributed by atoms with Crippen LogP contribution in [-0.4, -0.2) is 9.13 Å². The third-order valence-electron chi connectivity index (χ3n) is 2.39. The van der Waals surface area contributed by atoms with Crippen molar-refractivity contribution < 1.29 is 0 Å². The summed E-state index contributed by atoms with van der Waals surface area (Å²) in [4.78, 5) is 23.7. The summed E-state index contributed by atoms with van der Waals surface area (Å²) in [5.41, 5.74) is -0.212. The lowest BCUT2D eigenvalue weighted by molar-refractivity contribution is 0.353. The second kappa shape index (κ2) is 3.68. The van der Waals surface area contributed by atoms with Crippen molar-refractivity contribution in [3.8, 4) is 0 Å². The lowest BCUT2D eigenvalue weighted by atomic mass is 10.1. The Morgan fingerprint density at radius 1 is 1.27 bits per heavy atom. The minimum Gasteiger partial charge on any atom is -0.298 e. The first-order valence-corrected chi connectivity index (χ1v) is 5.13. The van der Waals surface area contributed by atoms with Crippen molar-refractivity contribution in [3.05, 3.63) is 32.6 Å². The van der Waals surface area contributed by atoms with Gasteiger partial charge in [-0.2, -0.15) is 0 Å². The maximum Gasteiger partial charge on any atom is 0.331 e. The van der Waals surface area contributed by atoms with E-state index >= 15 is 0 Å². The van der Waals surface area contributed by atoms with E-state index in [0.717, 1.165) is 0 Å². The van der Waals surface area contributed by atoms with Gasteiger partial charge in [-0.25, -0.2) is 4.79 Å². The van der Waals surface area contributed by atoms with Crippen LogP contribution in [0.25, 0.3) is 0 Å². The van der Waals surface area contributed by atoms with Crippen LogP contribution in [0.5, 0.6) is 0 Å². The number of rotatable bonds is 1. The summed E-state index contributed by atoms with van der Waals surface area (Å²) in [7, 11) is 0. The fraction of sp³-hybridized carbons (Fsp3) is 0.636. The van der Waals surface area contributed by atoms with Crippen molar-refractivity contribution in [1.82, 2.24) is 9.13 Å². The van der Waals surface area contributed by atoms with E-state index in [4.69, 9.17) is 0 Å². The van der Waals surface area contributed by atoms with Crippen LogP contribution in [0, 0.1) is 6.92 Å². The highest BCUT2D eigenvalue weighted by Gasteiger charge is 2.19. The summed E-state index contributed by atoms with van der Waals surface area (Å²) in [5.74, 6) is 0. The molecule has 0 unspecified atom stereocenters. The van der Waals surface area contributed by atoms with E-state index in [1.54, 1.807) is 11.5 Å². The van der Waals surface area contributed by atoms with Crippen molar-refractivity contribution >= 4 is 0 Å². The lowest BCUT2D eigenvalue weighted by Gasteiger charge is -2.22. The lowest BCUT2D eigenvalue weighted by Crippen LogP contribution is -2.47. The van der Waals surface area contributed by atoms with Crippen molar-refractivity contribution in [3.63, 3.8) is 0 Å². The number of nitrogens with zero attached hydrogens (tertiary/aromatic N) is 2. The van der Waals surface area contributed by atoms with Gasteiger partial charge in [0.15, 0.2) is 0 Å². The van der Waals surface area contributed by atoms with E-state index in [1.165, 1.54) is 10.6 Å². The van der Waals surface area contributed by atoms with Gasteiger partial charge in [0.2, 0.25) is 0 Å². The molecule has 15 heavy (non-hydrogen) atoms. The van der Waals surface area contributed by atoms with E-state index in [1.807, 2.05) is 27.7 Å². The summed E-state index contributed by atoms with van der Waals surface area (Å²) in [6.07, 6.45) is 0. The van der Waals surface area contributed by atoms with Crippen LogP contribution < -0.4 is 11.2 Å². The average molecular weight is 210 g/mol. The van der Waals surface area contributed by atoms with Gasteiger partial charge in [-0.3, -0.25) is 13.9 Å². The topological polar surface area (TPSA) is 44.0 Å². The molecule has 4 heteroatoms. The highest BCUT2D eigenvalue weighted by molar-refractivity contribution is 5.01. The van der Waals surface area contributed by atoms with E-state index in [9.17, 15) is 9.59 Å². The molecular weight excluding hydrogens is 192 g/mol. The zero-order valence-corrected chi connectivity index (χ0v) is 10.00. The standard InChI is InChI=1S/C11H18N2O2/c1-6-12-8(2)7-9(14)13(10(12)15)11(3,4)5/h7H,6H2,1-5H3. The van der Waals surface area contributed by atoms with Gasteiger partial charge in [-0.15, -0.1) is 0 Å². The fourth-order valence-electron chi connectivity index (χ4n) is 1.69. The summed E-state index contributed by atoms with van der Waals surface area (Å²) in [5, 5.41) is 0. The molecule has 0 N–H and O–H groups in total. The molecule has 0 atom stereocenters. The van der Waals surface area contributed by atoms with Crippen LogP contribution in [-0.2, 0) is 12.1 Å². The summed E-state index contributed by atoms with van der Waals surface area (Å²) in [6, 6.07) is 1.51. The van der Waals surface area contributed by atoms with E-state index in [-0.39, 0.29) is 11.2 Å². The smallest absolute Gasteiger partial charge is 0.298 e. The first kappa shape index (κ1) is 11.8. The van der Waals surface area contributed by atoms with Crippen molar-refractivity contribution in [2.24, 2.45) is 0 Å². The number of aromatic nitrogens is 2. The van der Waals surface area contributed by atoms with Gasteiger partial charge in [0.25, 0.3) is 5.56 Å². The second-order valence-electron chi connectivity index (χ2n) is 4.66. The molecule has 84 valence electrons. The van der Waals surface area contributed by atoms with Gasteiger partial charge >= 0.3 is 5.69 Å². The molecule has 0 aliphatic heterocycles. The quantitative estimate of drug-likeness (QED) is 0.696. The molecule has 0 bridgehead atoms. The third-order valence-corrected chi connectivity index (χ3v) is 2.39. The first-order valence-electron chi connectivity index (χ1n) is 5.13. The van der Waals surface area contributed by atoms with E-state index < -0.39 is 5.54 Å². The molecule has 0 spiro atoms. The predicted octanol–water partition coefficient (Wildman–Crippen LogP) is 1.09. The third kappa shape index (κ3) is 2.03. The monoisotopic (exact) mass is 210 g/mol. The summed E-state index contributed by atoms with van der Waals surface area (Å²) >= 11 is 0. The Balaban J connectivity index is 3.69. The molecule has 0 amide bonds. The van der Waals surface area contributed by atoms with Gasteiger partial charge in [0.1, 0.15) is 0 Å². The maximum absolute atomic E-state index is 12.0. The Morgan fingerprint density at radius 2 is 1.80 bits per heavy atom. The highest BCUT2D eigenvalue weighted by atomic mass is 16.2. The Hall–Kier alpha value is -1.32. The number of aryl methyl sites for hydroxylation is 1. The Labute approximate surface area is 89.2 Å². The molecule has 0 aromatic carbocycles. The van der Waals surface area contributed by atoms with Crippen LogP contribution in [0.1, 0.15) is 33.4 Å². The molecule has 1 heterocycles. The van der Waals surface area contributed by atoms with Crippen LogP contribution in [0.2, 0.25) is 0 Å². The van der Waals surface area contributed by atoms with E-state index in [2.05, 4.69) is 0 Å². The van der Waals surface area contributed by atoms with E-state index in [0.29, 0.717) is 12.2 Å². The Morgan fingerprint density at radius 3 is 2.20 bits per heavy atom. The van der Waals surface area contributed by atoms with Gasteiger partial charge in [0.05, 0.1) is 0 Å². The zero-order valence-electron chi connectivity index (χ0n) is 10.00. The summed E-state index contributed by atoms with van der Waals surface area (Å²) in [6.45, 7) is 9.81. The molecule has 0 aliphatic rings. The van der Waals surface area contributed by atoms with Crippen LogP contribution >= 0.6 is 0 Å². The first-order chi connectivity index (χ1) is 6.79. The predicted molar refractivity (Wildman–Crippen MR) is 60.4 cm³/mol.